The Morgan fingerprint density at radius 2 is 1.71 bits per heavy atom. The van der Waals surface area contributed by atoms with E-state index in [-0.39, 0.29) is 106 Å². The molecular weight excluding hydrogens is 1290 g/mol. The zero-order chi connectivity index (χ0) is 70.6. The number of allylic oxidation sites excluding steroid dienone is 1. The van der Waals surface area contributed by atoms with Crippen molar-refractivity contribution in [2.45, 2.75) is 125 Å². The number of piperazine rings is 1. The largest absolute Gasteiger partial charge is 0.508 e. The van der Waals surface area contributed by atoms with E-state index in [9.17, 15) is 15.3 Å². The highest BCUT2D eigenvalue weighted by Crippen LogP contribution is 2.75. The number of aliphatic imine (C=N–C) groups is 1. The highest BCUT2D eigenvalue weighted by Gasteiger charge is 2.73. The summed E-state index contributed by atoms with van der Waals surface area (Å²) in [5.74, 6) is 10.2. The van der Waals surface area contributed by atoms with Crippen molar-refractivity contribution in [3.05, 3.63) is 224 Å². The monoisotopic (exact) mass is 1380 g/mol. The molecule has 4 fully saturated rings. The van der Waals surface area contributed by atoms with E-state index < -0.39 is 17.4 Å². The molecule has 6 heterocycles. The van der Waals surface area contributed by atoms with Gasteiger partial charge in [-0.2, -0.15) is 0 Å². The number of guanidine groups is 1. The number of aliphatic hydroxyl groups excluding tert-OH is 2. The van der Waals surface area contributed by atoms with E-state index in [0.29, 0.717) is 54.3 Å². The van der Waals surface area contributed by atoms with Gasteiger partial charge in [-0.15, -0.1) is 5.92 Å². The SMILES string of the molecule is COc1c2c(c3oc(-c4ccc(O)cc4)cc(=O)c3c1OCCC(O)C=Cc1ccccc1)CCc1cccc(c1)-c1cc3[nH]c1N1CCNCC1C1(CC45c6c(ccc7cc8ccccc8c(c67)CC46CCCC6)C=CC5C1C#CCC1CCCC31C)c1ccc(c(N=C(N)N)c1)CC(CO)CO2. The fourth-order valence-electron chi connectivity index (χ4n) is 21.1. The Bertz CT molecular complexity index is 5280. The molecule has 9 atom stereocenters. The smallest absolute Gasteiger partial charge is 0.204 e. The van der Waals surface area contributed by atoms with Gasteiger partial charge in [0, 0.05) is 102 Å². The lowest BCUT2D eigenvalue weighted by Crippen LogP contribution is -2.63. The average Bonchev–Trinajstić information content (AvgIpc) is 1.45. The van der Waals surface area contributed by atoms with Gasteiger partial charge in [0.25, 0.3) is 0 Å². The Morgan fingerprint density at radius 3 is 2.55 bits per heavy atom. The molecule has 0 radical (unpaired) electrons. The lowest BCUT2D eigenvalue weighted by atomic mass is 9.46. The highest BCUT2D eigenvalue weighted by molar-refractivity contribution is 6.06. The number of anilines is 1. The van der Waals surface area contributed by atoms with Crippen molar-refractivity contribution in [2.24, 2.45) is 45.5 Å². The first-order valence-corrected chi connectivity index (χ1v) is 37.7. The van der Waals surface area contributed by atoms with E-state index in [1.54, 1.807) is 30.3 Å². The normalized spacial score (nSPS) is 25.1. The summed E-state index contributed by atoms with van der Waals surface area (Å²) in [5.41, 5.74) is 25.6. The number of H-pyrrole nitrogens is 1. The number of benzene rings is 8. The number of hydrogen-bond acceptors (Lipinski definition) is 11. The van der Waals surface area contributed by atoms with Crippen molar-refractivity contribution in [3.63, 3.8) is 0 Å². The molecule has 7 bridgehead atoms. The Balaban J connectivity index is 0.858. The van der Waals surface area contributed by atoms with E-state index in [1.807, 2.05) is 36.4 Å². The number of aromatic hydroxyl groups is 1. The van der Waals surface area contributed by atoms with E-state index in [2.05, 4.69) is 137 Å². The van der Waals surface area contributed by atoms with Gasteiger partial charge in [-0.25, -0.2) is 4.99 Å². The third-order valence-corrected chi connectivity index (χ3v) is 25.9. The van der Waals surface area contributed by atoms with Gasteiger partial charge in [-0.1, -0.05) is 160 Å². The van der Waals surface area contributed by atoms with E-state index in [0.717, 1.165) is 104 Å². The number of fused-ring (bicyclic) bond motifs is 13. The van der Waals surface area contributed by atoms with Crippen LogP contribution < -0.4 is 41.3 Å². The number of hydrogen-bond donors (Lipinski definition) is 7. The number of nitrogens with two attached hydrogens (primary N) is 2. The summed E-state index contributed by atoms with van der Waals surface area (Å²) in [6, 6.07) is 52.4. The molecule has 104 heavy (non-hydrogen) atoms. The summed E-state index contributed by atoms with van der Waals surface area (Å²) in [7, 11) is 1.54. The predicted molar refractivity (Wildman–Crippen MR) is 414 cm³/mol. The molecule has 9 aliphatic rings. The maximum Gasteiger partial charge on any atom is 0.204 e. The second kappa shape index (κ2) is 26.0. The van der Waals surface area contributed by atoms with Crippen molar-refractivity contribution in [3.8, 4) is 57.3 Å². The molecule has 2 aromatic heterocycles. The molecule has 528 valence electrons. The van der Waals surface area contributed by atoms with Crippen LogP contribution in [-0.4, -0.2) is 85.0 Å². The number of aromatic nitrogens is 1. The zero-order valence-corrected chi connectivity index (χ0v) is 59.3. The van der Waals surface area contributed by atoms with Gasteiger partial charge in [0.2, 0.25) is 5.75 Å². The van der Waals surface area contributed by atoms with Gasteiger partial charge in [0.15, 0.2) is 22.9 Å². The van der Waals surface area contributed by atoms with E-state index in [1.165, 1.54) is 69.9 Å². The number of phenols is 1. The summed E-state index contributed by atoms with van der Waals surface area (Å²) >= 11 is 0. The van der Waals surface area contributed by atoms with Crippen molar-refractivity contribution in [2.75, 3.05) is 51.5 Å². The van der Waals surface area contributed by atoms with Gasteiger partial charge >= 0.3 is 0 Å². The van der Waals surface area contributed by atoms with Crippen LogP contribution in [0.2, 0.25) is 0 Å². The first-order valence-electron chi connectivity index (χ1n) is 37.7. The molecule has 3 spiro atoms. The third-order valence-electron chi connectivity index (χ3n) is 25.9. The minimum Gasteiger partial charge on any atom is -0.508 e. The molecule has 9 N–H and O–H groups in total. The second-order valence-corrected chi connectivity index (χ2v) is 31.3. The van der Waals surface area contributed by atoms with Gasteiger partial charge in [0.05, 0.1) is 38.2 Å². The lowest BCUT2D eigenvalue weighted by molar-refractivity contribution is 0.0815. The van der Waals surface area contributed by atoms with Crippen LogP contribution in [0.25, 0.3) is 67.1 Å². The highest BCUT2D eigenvalue weighted by atomic mass is 16.5. The third kappa shape index (κ3) is 10.6. The van der Waals surface area contributed by atoms with E-state index >= 15 is 4.79 Å². The Labute approximate surface area is 606 Å². The maximum absolute atomic E-state index is 15.2. The number of ether oxygens (including phenoxy) is 3. The van der Waals surface area contributed by atoms with Crippen LogP contribution in [0.1, 0.15) is 121 Å². The zero-order valence-electron chi connectivity index (χ0n) is 59.3. The summed E-state index contributed by atoms with van der Waals surface area (Å²) in [5, 5.41) is 43.3. The summed E-state index contributed by atoms with van der Waals surface area (Å²) in [4.78, 5) is 27.4. The van der Waals surface area contributed by atoms with Gasteiger partial charge < -0.3 is 60.6 Å². The fourth-order valence-corrected chi connectivity index (χ4v) is 21.1. The first-order chi connectivity index (χ1) is 50.8. The molecule has 9 unspecified atom stereocenters. The molecular formula is C90H90N6O8. The Hall–Kier alpha value is -10.0. The Morgan fingerprint density at radius 1 is 0.865 bits per heavy atom. The molecule has 14 nitrogen and oxygen atoms in total. The van der Waals surface area contributed by atoms with Gasteiger partial charge in [0.1, 0.15) is 28.3 Å². The van der Waals surface area contributed by atoms with Crippen LogP contribution in [0.15, 0.2) is 178 Å². The van der Waals surface area contributed by atoms with Crippen LogP contribution in [0.3, 0.4) is 0 Å². The molecule has 3 saturated carbocycles. The molecule has 5 aliphatic carbocycles. The molecule has 4 aliphatic heterocycles. The molecule has 19 rings (SSSR count). The topological polar surface area (TPSA) is 214 Å². The van der Waals surface area contributed by atoms with Gasteiger partial charge in [-0.3, -0.25) is 4.79 Å². The first kappa shape index (κ1) is 65.9. The number of nitrogens with one attached hydrogen (secondary N) is 2. The van der Waals surface area contributed by atoms with Crippen LogP contribution in [0, 0.1) is 40.9 Å². The number of aryl methyl sites for hydroxylation is 2. The molecule has 8 aromatic carbocycles. The maximum atomic E-state index is 15.2. The van der Waals surface area contributed by atoms with Crippen molar-refractivity contribution in [1.29, 1.82) is 0 Å². The standard InChI is InChI=1S/C90H90N6O8/c1-87-37-12-19-63(87)18-11-21-71-72-35-29-58-24-25-62-45-60-16-6-7-20-67(60)70-49-88(38-8-9-39-88)90(72,80(58)78(62)70)53-89(71)64-30-26-61(73(46-64)94-86(91)92)44-56(51-97)52-103-82-68(34-23-55-15-10-17-59(43-55)69-47-76(87)95-85(69)96-41-40-93-50-77(89)96)81-79(74(100)48-75(104-81)57-27-32-65(98)33-28-57)83(84(82)101-2)102-42-36-66(99)31-22-54-13-4-3-5-14-54/h3-7,10,13-17,20,22,24-33,35,43,45-48,56,63,66,71-72,77,93,95,97-99H,8-9,12,18-19,23,34,36-42,44,49-53H2,1-2H3,(H4,91,92,94). The number of phenolic OH excluding ortho intramolecular Hbond substituents is 1. The van der Waals surface area contributed by atoms with Crippen molar-refractivity contribution in [1.82, 2.24) is 10.3 Å². The summed E-state index contributed by atoms with van der Waals surface area (Å²) in [6.45, 7) is 4.43. The number of aromatic amines is 1. The van der Waals surface area contributed by atoms with Crippen LogP contribution >= 0.6 is 0 Å². The second-order valence-electron chi connectivity index (χ2n) is 31.3. The van der Waals surface area contributed by atoms with Crippen LogP contribution in [0.4, 0.5) is 11.5 Å². The van der Waals surface area contributed by atoms with Crippen molar-refractivity contribution < 1.29 is 33.9 Å². The number of methoxy groups -OCH3 is 1. The minimum absolute atomic E-state index is 0.00690. The van der Waals surface area contributed by atoms with Crippen LogP contribution in [0.5, 0.6) is 23.0 Å². The summed E-state index contributed by atoms with van der Waals surface area (Å²) < 4.78 is 27.4. The molecule has 1 saturated heterocycles. The fraction of sp³-hybridized carbons (Fsp3) is 0.356. The number of nitrogens with zero attached hydrogens (tertiary/aromatic N) is 2. The Kier molecular flexibility index (Phi) is 16.5. The minimum atomic E-state index is -0.886. The predicted octanol–water partition coefficient (Wildman–Crippen LogP) is 15.5. The number of aliphatic hydroxyl groups is 2. The lowest BCUT2D eigenvalue weighted by Gasteiger charge is -2.57. The molecule has 0 amide bonds. The number of rotatable bonds is 10. The van der Waals surface area contributed by atoms with Crippen molar-refractivity contribution >= 4 is 62.1 Å². The quantitative estimate of drug-likeness (QED) is 0.0295. The molecule has 14 heteroatoms. The molecule has 10 aromatic rings. The summed E-state index contributed by atoms with van der Waals surface area (Å²) in [6.07, 6.45) is 19.7. The van der Waals surface area contributed by atoms with E-state index in [4.69, 9.17) is 35.1 Å². The van der Waals surface area contributed by atoms with Gasteiger partial charge in [-0.05, 0) is 178 Å². The average molecular weight is 1380 g/mol. The van der Waals surface area contributed by atoms with Crippen LogP contribution in [-0.2, 0) is 41.9 Å².